The van der Waals surface area contributed by atoms with E-state index >= 15 is 0 Å². The molecule has 2 heterocycles. The molecule has 7 heteroatoms. The van der Waals surface area contributed by atoms with Crippen LogP contribution in [0.4, 0.5) is 10.1 Å². The maximum atomic E-state index is 13.6. The van der Waals surface area contributed by atoms with Gasteiger partial charge in [0.2, 0.25) is 0 Å². The Labute approximate surface area is 203 Å². The molecule has 1 saturated heterocycles. The summed E-state index contributed by atoms with van der Waals surface area (Å²) in [6, 6.07) is 19.9. The van der Waals surface area contributed by atoms with E-state index in [1.54, 1.807) is 25.3 Å². The van der Waals surface area contributed by atoms with Gasteiger partial charge in [-0.3, -0.25) is 9.59 Å². The quantitative estimate of drug-likeness (QED) is 0.574. The number of rotatable bonds is 5. The van der Waals surface area contributed by atoms with Crippen molar-refractivity contribution in [1.82, 2.24) is 4.90 Å². The third kappa shape index (κ3) is 4.85. The smallest absolute Gasteiger partial charge is 0.262 e. The van der Waals surface area contributed by atoms with Crippen LogP contribution in [0.25, 0.3) is 0 Å². The Hall–Kier alpha value is -3.87. The van der Waals surface area contributed by atoms with Gasteiger partial charge in [0.1, 0.15) is 17.3 Å². The van der Waals surface area contributed by atoms with Crippen LogP contribution in [0.3, 0.4) is 0 Å². The molecule has 0 aliphatic carbocycles. The van der Waals surface area contributed by atoms with Gasteiger partial charge in [-0.1, -0.05) is 24.3 Å². The van der Waals surface area contributed by atoms with E-state index in [-0.39, 0.29) is 30.2 Å². The Kier molecular flexibility index (Phi) is 6.40. The molecule has 3 aromatic rings. The van der Waals surface area contributed by atoms with Crippen molar-refractivity contribution in [1.29, 1.82) is 0 Å². The first-order valence-electron chi connectivity index (χ1n) is 11.8. The summed E-state index contributed by atoms with van der Waals surface area (Å²) >= 11 is 0. The first-order valence-corrected chi connectivity index (χ1v) is 11.8. The van der Waals surface area contributed by atoms with Crippen molar-refractivity contribution in [2.24, 2.45) is 5.92 Å². The minimum atomic E-state index is -0.255. The summed E-state index contributed by atoms with van der Waals surface area (Å²) in [6.07, 6.45) is 1.65. The topological polar surface area (TPSA) is 67.9 Å². The molecule has 1 atom stereocenters. The van der Waals surface area contributed by atoms with Crippen molar-refractivity contribution in [3.8, 4) is 11.5 Å². The zero-order valence-corrected chi connectivity index (χ0v) is 19.5. The number of benzene rings is 3. The number of hydrogen-bond donors (Lipinski definition) is 1. The minimum absolute atomic E-state index is 0.0166. The molecule has 6 nitrogen and oxygen atoms in total. The van der Waals surface area contributed by atoms with Gasteiger partial charge in [0.25, 0.3) is 11.8 Å². The van der Waals surface area contributed by atoms with Gasteiger partial charge in [-0.15, -0.1) is 0 Å². The lowest BCUT2D eigenvalue weighted by atomic mass is 9.76. The molecule has 0 radical (unpaired) electrons. The average molecular weight is 475 g/mol. The highest BCUT2D eigenvalue weighted by molar-refractivity contribution is 5.99. The molecule has 0 saturated carbocycles. The zero-order valence-electron chi connectivity index (χ0n) is 19.5. The van der Waals surface area contributed by atoms with E-state index in [1.165, 1.54) is 12.1 Å². The van der Waals surface area contributed by atoms with Crippen molar-refractivity contribution >= 4 is 17.5 Å². The predicted molar refractivity (Wildman–Crippen MR) is 130 cm³/mol. The standard InChI is InChI=1S/C28H27FN2O4/c1-34-23-9-4-19(5-10-23)27(18-2-7-22(29)8-3-18)20-12-14-31(15-13-20)28(33)21-6-11-25-24(16-21)30-26(32)17-35-25/h2-11,16,20,27H,12-15,17H2,1H3,(H,30,32)/t27-/m1/s1. The molecule has 2 aliphatic heterocycles. The molecular weight excluding hydrogens is 447 g/mol. The first-order chi connectivity index (χ1) is 17.0. The van der Waals surface area contributed by atoms with Crippen LogP contribution >= 0.6 is 0 Å². The number of likely N-dealkylation sites (tertiary alicyclic amines) is 1. The van der Waals surface area contributed by atoms with Crippen LogP contribution in [0.2, 0.25) is 0 Å². The lowest BCUT2D eigenvalue weighted by molar-refractivity contribution is -0.118. The van der Waals surface area contributed by atoms with Gasteiger partial charge < -0.3 is 19.7 Å². The molecule has 180 valence electrons. The number of methoxy groups -OCH3 is 1. The highest BCUT2D eigenvalue weighted by Gasteiger charge is 2.31. The van der Waals surface area contributed by atoms with Crippen LogP contribution in [0, 0.1) is 11.7 Å². The van der Waals surface area contributed by atoms with Crippen molar-refractivity contribution < 1.29 is 23.5 Å². The van der Waals surface area contributed by atoms with E-state index in [2.05, 4.69) is 17.4 Å². The van der Waals surface area contributed by atoms with Crippen molar-refractivity contribution in [3.63, 3.8) is 0 Å². The van der Waals surface area contributed by atoms with E-state index in [0.29, 0.717) is 36.0 Å². The molecule has 35 heavy (non-hydrogen) atoms. The van der Waals surface area contributed by atoms with Crippen LogP contribution < -0.4 is 14.8 Å². The van der Waals surface area contributed by atoms with Gasteiger partial charge in [-0.05, 0) is 72.4 Å². The normalized spacial score (nSPS) is 16.6. The number of ether oxygens (including phenoxy) is 2. The number of anilines is 1. The molecule has 5 rings (SSSR count). The average Bonchev–Trinajstić information content (AvgIpc) is 2.90. The zero-order chi connectivity index (χ0) is 24.4. The number of amides is 2. The van der Waals surface area contributed by atoms with Gasteiger partial charge in [0.15, 0.2) is 6.61 Å². The van der Waals surface area contributed by atoms with E-state index in [0.717, 1.165) is 29.7 Å². The minimum Gasteiger partial charge on any atom is -0.497 e. The fourth-order valence-corrected chi connectivity index (χ4v) is 5.05. The van der Waals surface area contributed by atoms with Crippen LogP contribution in [0.1, 0.15) is 40.2 Å². The molecule has 0 bridgehead atoms. The largest absolute Gasteiger partial charge is 0.497 e. The Morgan fingerprint density at radius 2 is 1.69 bits per heavy atom. The van der Waals surface area contributed by atoms with Gasteiger partial charge in [0.05, 0.1) is 12.8 Å². The van der Waals surface area contributed by atoms with Gasteiger partial charge >= 0.3 is 0 Å². The number of hydrogen-bond acceptors (Lipinski definition) is 4. The second-order valence-electron chi connectivity index (χ2n) is 8.98. The molecule has 1 N–H and O–H groups in total. The highest BCUT2D eigenvalue weighted by atomic mass is 19.1. The summed E-state index contributed by atoms with van der Waals surface area (Å²) < 4.78 is 24.3. The predicted octanol–water partition coefficient (Wildman–Crippen LogP) is 4.85. The number of nitrogens with zero attached hydrogens (tertiary/aromatic N) is 1. The van der Waals surface area contributed by atoms with Crippen molar-refractivity contribution in [2.75, 3.05) is 32.1 Å². The number of carbonyl (C=O) groups excluding carboxylic acids is 2. The van der Waals surface area contributed by atoms with E-state index in [9.17, 15) is 14.0 Å². The van der Waals surface area contributed by atoms with Crippen LogP contribution in [0.5, 0.6) is 11.5 Å². The Morgan fingerprint density at radius 1 is 1.03 bits per heavy atom. The summed E-state index contributed by atoms with van der Waals surface area (Å²) in [7, 11) is 1.64. The fraction of sp³-hybridized carbons (Fsp3) is 0.286. The van der Waals surface area contributed by atoms with Gasteiger partial charge in [-0.2, -0.15) is 0 Å². The fourth-order valence-electron chi connectivity index (χ4n) is 5.05. The maximum absolute atomic E-state index is 13.6. The van der Waals surface area contributed by atoms with Gasteiger partial charge in [0, 0.05) is 24.6 Å². The molecular formula is C28H27FN2O4. The van der Waals surface area contributed by atoms with Crippen LogP contribution in [-0.2, 0) is 4.79 Å². The van der Waals surface area contributed by atoms with Gasteiger partial charge in [-0.25, -0.2) is 4.39 Å². The third-order valence-electron chi connectivity index (χ3n) is 6.86. The Balaban J connectivity index is 1.33. The number of fused-ring (bicyclic) bond motifs is 1. The Morgan fingerprint density at radius 3 is 2.34 bits per heavy atom. The Bertz CT molecular complexity index is 1220. The second kappa shape index (κ2) is 9.78. The second-order valence-corrected chi connectivity index (χ2v) is 8.98. The molecule has 1 fully saturated rings. The SMILES string of the molecule is COc1ccc([C@@H](c2ccc(F)cc2)C2CCN(C(=O)c3ccc4c(c3)NC(=O)CO4)CC2)cc1. The summed E-state index contributed by atoms with van der Waals surface area (Å²) in [5, 5.41) is 2.76. The molecule has 0 unspecified atom stereocenters. The van der Waals surface area contributed by atoms with Crippen LogP contribution in [-0.4, -0.2) is 43.5 Å². The van der Waals surface area contributed by atoms with E-state index in [4.69, 9.17) is 9.47 Å². The van der Waals surface area contributed by atoms with E-state index < -0.39 is 0 Å². The lowest BCUT2D eigenvalue weighted by Gasteiger charge is -2.37. The highest BCUT2D eigenvalue weighted by Crippen LogP contribution is 2.39. The molecule has 0 spiro atoms. The molecule has 2 amide bonds. The monoisotopic (exact) mass is 474 g/mol. The summed E-state index contributed by atoms with van der Waals surface area (Å²) in [6.45, 7) is 1.23. The van der Waals surface area contributed by atoms with Crippen molar-refractivity contribution in [3.05, 3.63) is 89.2 Å². The molecule has 2 aliphatic rings. The maximum Gasteiger partial charge on any atom is 0.262 e. The lowest BCUT2D eigenvalue weighted by Crippen LogP contribution is -2.40. The van der Waals surface area contributed by atoms with E-state index in [1.807, 2.05) is 29.2 Å². The first kappa shape index (κ1) is 22.9. The number of nitrogens with one attached hydrogen (secondary N) is 1. The number of carbonyl (C=O) groups is 2. The van der Waals surface area contributed by atoms with Crippen LogP contribution in [0.15, 0.2) is 66.7 Å². The molecule has 3 aromatic carbocycles. The summed E-state index contributed by atoms with van der Waals surface area (Å²) in [5.74, 6) is 1.21. The third-order valence-corrected chi connectivity index (χ3v) is 6.86. The summed E-state index contributed by atoms with van der Waals surface area (Å²) in [5.41, 5.74) is 3.26. The van der Waals surface area contributed by atoms with Crippen molar-refractivity contribution in [2.45, 2.75) is 18.8 Å². The number of halogens is 1. The summed E-state index contributed by atoms with van der Waals surface area (Å²) in [4.78, 5) is 26.7. The molecule has 0 aromatic heterocycles. The number of piperidine rings is 1.